The van der Waals surface area contributed by atoms with Gasteiger partial charge in [-0.15, -0.1) is 4.48 Å². The van der Waals surface area contributed by atoms with E-state index in [-0.39, 0.29) is 37.4 Å². The number of hydrogen-bond donors (Lipinski definition) is 1. The lowest BCUT2D eigenvalue weighted by Crippen LogP contribution is -2.62. The molecular weight excluding hydrogens is 343 g/mol. The highest BCUT2D eigenvalue weighted by Gasteiger charge is 2.54. The number of hydrogen-bond acceptors (Lipinski definition) is 5. The van der Waals surface area contributed by atoms with Gasteiger partial charge in [0.1, 0.15) is 18.7 Å². The van der Waals surface area contributed by atoms with Gasteiger partial charge < -0.3 is 14.8 Å². The topological polar surface area (TPSA) is 81.7 Å². The highest BCUT2D eigenvalue weighted by Crippen LogP contribution is 2.29. The molecule has 2 rings (SSSR count). The summed E-state index contributed by atoms with van der Waals surface area (Å²) in [6, 6.07) is -0.652. The summed E-state index contributed by atoms with van der Waals surface area (Å²) < 4.78 is 23.4. The number of imide groups is 1. The molecule has 1 N–H and O–H groups in total. The summed E-state index contributed by atoms with van der Waals surface area (Å²) in [5.74, 6) is -0.379. The van der Waals surface area contributed by atoms with Gasteiger partial charge in [-0.1, -0.05) is 0 Å². The first-order chi connectivity index (χ1) is 12.1. The van der Waals surface area contributed by atoms with Gasteiger partial charge in [0.2, 0.25) is 0 Å². The number of carbonyl (C=O) groups is 3. The third kappa shape index (κ3) is 4.72. The molecule has 0 bridgehead atoms. The number of carbonyl (C=O) groups excluding carboxylic acids is 3. The summed E-state index contributed by atoms with van der Waals surface area (Å²) in [7, 11) is 1.37. The predicted molar refractivity (Wildman–Crippen MR) is 92.0 cm³/mol. The minimum atomic E-state index is -1.21. The Labute approximate surface area is 153 Å². The molecule has 2 atom stereocenters. The van der Waals surface area contributed by atoms with Crippen molar-refractivity contribution in [2.75, 3.05) is 20.2 Å². The third-order valence-electron chi connectivity index (χ3n) is 5.05. The quantitative estimate of drug-likeness (QED) is 0.594. The van der Waals surface area contributed by atoms with Crippen LogP contribution in [0.25, 0.3) is 0 Å². The number of alkyl halides is 1. The van der Waals surface area contributed by atoms with Crippen LogP contribution in [0.15, 0.2) is 0 Å². The first-order valence-corrected chi connectivity index (χ1v) is 9.21. The fraction of sp³-hybridized carbons (Fsp3) is 0.833. The fourth-order valence-corrected chi connectivity index (χ4v) is 3.60. The number of urea groups is 1. The Bertz CT molecular complexity index is 554. The number of nitrogens with one attached hydrogen (secondary N) is 1. The predicted octanol–water partition coefficient (Wildman–Crippen LogP) is 2.92. The molecule has 0 aromatic heterocycles. The second kappa shape index (κ2) is 7.90. The highest BCUT2D eigenvalue weighted by molar-refractivity contribution is 5.80. The monoisotopic (exact) mass is 373 g/mol. The van der Waals surface area contributed by atoms with Gasteiger partial charge in [-0.05, 0) is 46.5 Å². The zero-order valence-electron chi connectivity index (χ0n) is 16.0. The van der Waals surface area contributed by atoms with Gasteiger partial charge in [0.15, 0.2) is 6.17 Å². The van der Waals surface area contributed by atoms with Crippen LogP contribution in [0.4, 0.5) is 14.0 Å². The Morgan fingerprint density at radius 1 is 1.08 bits per heavy atom. The van der Waals surface area contributed by atoms with E-state index in [1.807, 2.05) is 0 Å². The van der Waals surface area contributed by atoms with Crippen molar-refractivity contribution in [2.45, 2.75) is 70.7 Å². The van der Waals surface area contributed by atoms with Gasteiger partial charge in [-0.25, -0.2) is 9.18 Å². The zero-order valence-corrected chi connectivity index (χ0v) is 16.0. The van der Waals surface area contributed by atoms with Crippen molar-refractivity contribution in [3.05, 3.63) is 0 Å². The van der Waals surface area contributed by atoms with Gasteiger partial charge in [0.05, 0.1) is 13.0 Å². The van der Waals surface area contributed by atoms with E-state index in [2.05, 4.69) is 5.32 Å². The van der Waals surface area contributed by atoms with Crippen LogP contribution >= 0.6 is 0 Å². The molecule has 0 aromatic carbocycles. The van der Waals surface area contributed by atoms with Crippen molar-refractivity contribution in [2.24, 2.45) is 5.92 Å². The van der Waals surface area contributed by atoms with Crippen molar-refractivity contribution >= 4 is 18.1 Å². The minimum absolute atomic E-state index is 0.0966. The maximum atomic E-state index is 13.9. The normalized spacial score (nSPS) is 32.0. The Kier molecular flexibility index (Phi) is 6.26. The number of esters is 1. The molecule has 8 heteroatoms. The maximum Gasteiger partial charge on any atom is 0.525 e. The molecule has 0 spiro atoms. The molecule has 1 heterocycles. The van der Waals surface area contributed by atoms with Gasteiger partial charge in [-0.3, -0.25) is 4.79 Å². The molecule has 2 aliphatic rings. The van der Waals surface area contributed by atoms with E-state index >= 15 is 0 Å². The molecule has 1 saturated heterocycles. The molecular formula is C18H30FN2O5+. The van der Waals surface area contributed by atoms with Crippen LogP contribution in [0.2, 0.25) is 0 Å². The van der Waals surface area contributed by atoms with Crippen molar-refractivity contribution in [1.29, 1.82) is 0 Å². The smallest absolute Gasteiger partial charge is 0.469 e. The molecule has 26 heavy (non-hydrogen) atoms. The van der Waals surface area contributed by atoms with Gasteiger partial charge in [0.25, 0.3) is 0 Å². The Balaban J connectivity index is 2.02. The van der Waals surface area contributed by atoms with Crippen molar-refractivity contribution in [1.82, 2.24) is 5.32 Å². The molecule has 0 radical (unpaired) electrons. The number of methoxy groups -OCH3 is 1. The van der Waals surface area contributed by atoms with E-state index in [9.17, 15) is 18.8 Å². The second-order valence-corrected chi connectivity index (χ2v) is 8.26. The number of nitrogens with zero attached hydrogens (tertiary/aromatic N) is 1. The Hall–Kier alpha value is -1.70. The number of rotatable bonds is 2. The summed E-state index contributed by atoms with van der Waals surface area (Å²) >= 11 is 0. The standard InChI is InChI=1S/C18H29FN2O5/c1-18(2,3)26-17(24)21(10-9-13(19)11-21)16(23)20-14-7-5-12(6-8-14)15(22)25-4/h12-14H,5-11H2,1-4H3/p+1/t12?,13-,14?,21+/m0/s1. The molecule has 1 aliphatic carbocycles. The lowest BCUT2D eigenvalue weighted by Gasteiger charge is -2.33. The van der Waals surface area contributed by atoms with E-state index in [0.717, 1.165) is 0 Å². The summed E-state index contributed by atoms with van der Waals surface area (Å²) in [6.45, 7) is 5.06. The van der Waals surface area contributed by atoms with Crippen LogP contribution in [0.1, 0.15) is 52.9 Å². The molecule has 1 saturated carbocycles. The van der Waals surface area contributed by atoms with Crippen LogP contribution in [0.5, 0.6) is 0 Å². The maximum absolute atomic E-state index is 13.9. The minimum Gasteiger partial charge on any atom is -0.469 e. The van der Waals surface area contributed by atoms with Crippen molar-refractivity contribution in [3.63, 3.8) is 0 Å². The Morgan fingerprint density at radius 3 is 2.15 bits per heavy atom. The SMILES string of the molecule is COC(=O)C1CCC(NC(=O)[N@@+]2(C(=O)OC(C)(C)C)CC[C@H](F)C2)CC1. The number of ether oxygens (including phenoxy) is 2. The summed E-state index contributed by atoms with van der Waals surface area (Å²) in [5.41, 5.74) is -0.754. The summed E-state index contributed by atoms with van der Waals surface area (Å²) in [5, 5.41) is 2.88. The average molecular weight is 373 g/mol. The average Bonchev–Trinajstić information content (AvgIpc) is 2.96. The Morgan fingerprint density at radius 2 is 1.69 bits per heavy atom. The largest absolute Gasteiger partial charge is 0.525 e. The van der Waals surface area contributed by atoms with Crippen molar-refractivity contribution in [3.8, 4) is 0 Å². The molecule has 148 valence electrons. The second-order valence-electron chi connectivity index (χ2n) is 8.26. The van der Waals surface area contributed by atoms with E-state index in [1.54, 1.807) is 20.8 Å². The van der Waals surface area contributed by atoms with Crippen molar-refractivity contribution < 1.29 is 32.7 Å². The summed E-state index contributed by atoms with van der Waals surface area (Å²) in [6.07, 6.45) is 0.729. The van der Waals surface area contributed by atoms with Crippen LogP contribution in [0.3, 0.4) is 0 Å². The zero-order chi connectivity index (χ0) is 19.5. The number of halogens is 1. The van der Waals surface area contributed by atoms with E-state index in [0.29, 0.717) is 25.7 Å². The molecule has 0 aromatic rings. The molecule has 3 amide bonds. The van der Waals surface area contributed by atoms with Gasteiger partial charge in [-0.2, -0.15) is 4.79 Å². The van der Waals surface area contributed by atoms with Crippen LogP contribution in [-0.2, 0) is 14.3 Å². The van der Waals surface area contributed by atoms with Crippen LogP contribution in [0, 0.1) is 5.92 Å². The van der Waals surface area contributed by atoms with E-state index < -0.39 is 28.4 Å². The van der Waals surface area contributed by atoms with E-state index in [4.69, 9.17) is 9.47 Å². The first kappa shape index (κ1) is 20.6. The molecule has 2 fully saturated rings. The third-order valence-corrected chi connectivity index (χ3v) is 5.05. The lowest BCUT2D eigenvalue weighted by atomic mass is 9.86. The summed E-state index contributed by atoms with van der Waals surface area (Å²) in [4.78, 5) is 37.1. The molecule has 7 nitrogen and oxygen atoms in total. The van der Waals surface area contributed by atoms with E-state index in [1.165, 1.54) is 7.11 Å². The van der Waals surface area contributed by atoms with Gasteiger partial charge in [0, 0.05) is 12.5 Å². The number of amides is 3. The molecule has 1 aliphatic heterocycles. The molecule has 0 unspecified atom stereocenters. The number of likely N-dealkylation sites (tertiary alicyclic amines) is 1. The lowest BCUT2D eigenvalue weighted by molar-refractivity contribution is -0.766. The highest BCUT2D eigenvalue weighted by atomic mass is 19.1. The van der Waals surface area contributed by atoms with Gasteiger partial charge >= 0.3 is 18.1 Å². The number of quaternary nitrogens is 1. The first-order valence-electron chi connectivity index (χ1n) is 9.21. The van der Waals surface area contributed by atoms with Crippen LogP contribution < -0.4 is 5.32 Å². The van der Waals surface area contributed by atoms with Crippen LogP contribution in [-0.4, -0.2) is 60.6 Å². The fourth-order valence-electron chi connectivity index (χ4n) is 3.60.